The molecule has 12 heteroatoms. The first-order valence-electron chi connectivity index (χ1n) is 10.4. The van der Waals surface area contributed by atoms with Gasteiger partial charge in [0.05, 0.1) is 18.3 Å². The molecule has 1 saturated carbocycles. The molecule has 0 aliphatic heterocycles. The van der Waals surface area contributed by atoms with Crippen LogP contribution in [0.1, 0.15) is 28.1 Å². The number of nitrogens with one attached hydrogen (secondary N) is 3. The maximum Gasteiger partial charge on any atom is 0.280 e. The summed E-state index contributed by atoms with van der Waals surface area (Å²) in [5.41, 5.74) is 0.637. The van der Waals surface area contributed by atoms with Crippen LogP contribution in [-0.4, -0.2) is 54.4 Å². The van der Waals surface area contributed by atoms with Gasteiger partial charge >= 0.3 is 0 Å². The standard InChI is InChI=1S/C21H22N8O3S/c1-11-9-23-21(33-11)28-7-3-4-14(20(28)32)25-16-8-17(22-2)29-18(27-16)12(10-24-29)19(31)26-13-5-6-15(13)30/h3-4,7-10,13,15,22,30H,5-6H2,1-2H3,(H,25,27)(H,26,31)/t13-,15+/m0/s1. The van der Waals surface area contributed by atoms with Crippen molar-refractivity contribution in [3.05, 3.63) is 57.6 Å². The van der Waals surface area contributed by atoms with Crippen LogP contribution in [0.4, 0.5) is 17.3 Å². The average molecular weight is 467 g/mol. The number of fused-ring (bicyclic) bond motifs is 1. The van der Waals surface area contributed by atoms with Gasteiger partial charge in [-0.1, -0.05) is 0 Å². The smallest absolute Gasteiger partial charge is 0.280 e. The molecule has 4 aromatic heterocycles. The van der Waals surface area contributed by atoms with Crippen molar-refractivity contribution in [2.24, 2.45) is 0 Å². The average Bonchev–Trinajstić information content (AvgIpc) is 3.43. The minimum absolute atomic E-state index is 0.269. The van der Waals surface area contributed by atoms with Crippen molar-refractivity contribution in [1.82, 2.24) is 29.5 Å². The van der Waals surface area contributed by atoms with Gasteiger partial charge in [-0.15, -0.1) is 11.3 Å². The van der Waals surface area contributed by atoms with Crippen LogP contribution in [0, 0.1) is 6.92 Å². The molecule has 0 aromatic carbocycles. The molecule has 4 N–H and O–H groups in total. The molecule has 5 rings (SSSR count). The summed E-state index contributed by atoms with van der Waals surface area (Å²) in [6.45, 7) is 1.93. The van der Waals surface area contributed by atoms with Gasteiger partial charge in [-0.25, -0.2) is 9.97 Å². The van der Waals surface area contributed by atoms with Gasteiger partial charge in [0.15, 0.2) is 10.8 Å². The van der Waals surface area contributed by atoms with E-state index in [0.717, 1.165) is 11.3 Å². The van der Waals surface area contributed by atoms with Gasteiger partial charge in [-0.2, -0.15) is 9.61 Å². The number of anilines is 3. The summed E-state index contributed by atoms with van der Waals surface area (Å²) in [4.78, 5) is 35.6. The predicted molar refractivity (Wildman–Crippen MR) is 125 cm³/mol. The number of aryl methyl sites for hydroxylation is 1. The summed E-state index contributed by atoms with van der Waals surface area (Å²) in [7, 11) is 1.73. The zero-order valence-electron chi connectivity index (χ0n) is 17.9. The fraction of sp³-hybridized carbons (Fsp3) is 0.286. The highest BCUT2D eigenvalue weighted by atomic mass is 32.1. The summed E-state index contributed by atoms with van der Waals surface area (Å²) in [5, 5.41) is 23.5. The van der Waals surface area contributed by atoms with Gasteiger partial charge < -0.3 is 21.1 Å². The highest BCUT2D eigenvalue weighted by Gasteiger charge is 2.31. The van der Waals surface area contributed by atoms with Crippen LogP contribution in [0.5, 0.6) is 0 Å². The van der Waals surface area contributed by atoms with Crippen LogP contribution < -0.4 is 21.5 Å². The topological polar surface area (TPSA) is 138 Å². The molecule has 0 spiro atoms. The van der Waals surface area contributed by atoms with Gasteiger partial charge in [0.1, 0.15) is 22.9 Å². The Morgan fingerprint density at radius 2 is 2.15 bits per heavy atom. The van der Waals surface area contributed by atoms with Crippen molar-refractivity contribution in [2.75, 3.05) is 17.7 Å². The maximum atomic E-state index is 13.0. The van der Waals surface area contributed by atoms with Crippen LogP contribution in [0.3, 0.4) is 0 Å². The molecule has 0 unspecified atom stereocenters. The van der Waals surface area contributed by atoms with E-state index in [4.69, 9.17) is 0 Å². The second kappa shape index (κ2) is 8.30. The largest absolute Gasteiger partial charge is 0.391 e. The van der Waals surface area contributed by atoms with Crippen molar-refractivity contribution in [2.45, 2.75) is 31.9 Å². The first kappa shape index (κ1) is 21.1. The summed E-state index contributed by atoms with van der Waals surface area (Å²) < 4.78 is 2.98. The van der Waals surface area contributed by atoms with Crippen LogP contribution >= 0.6 is 11.3 Å². The summed E-state index contributed by atoms with van der Waals surface area (Å²) >= 11 is 1.42. The molecule has 170 valence electrons. The SMILES string of the molecule is CNc1cc(Nc2cccn(-c3ncc(C)s3)c2=O)nc2c(C(=O)N[C@H]3CC[C@H]3O)cnn12. The second-order valence-corrected chi connectivity index (χ2v) is 8.98. The Morgan fingerprint density at radius 1 is 1.30 bits per heavy atom. The molecule has 1 amide bonds. The molecule has 33 heavy (non-hydrogen) atoms. The molecule has 1 aliphatic carbocycles. The fourth-order valence-electron chi connectivity index (χ4n) is 3.59. The van der Waals surface area contributed by atoms with Gasteiger partial charge in [0, 0.05) is 30.4 Å². The van der Waals surface area contributed by atoms with E-state index in [-0.39, 0.29) is 23.1 Å². The molecule has 4 heterocycles. The fourth-order valence-corrected chi connectivity index (χ4v) is 4.33. The molecule has 1 fully saturated rings. The maximum absolute atomic E-state index is 13.0. The van der Waals surface area contributed by atoms with Crippen molar-refractivity contribution < 1.29 is 9.90 Å². The number of aliphatic hydroxyl groups excluding tert-OH is 1. The summed E-state index contributed by atoms with van der Waals surface area (Å²) in [5.74, 6) is 0.592. The Labute approximate surface area is 192 Å². The monoisotopic (exact) mass is 466 g/mol. The predicted octanol–water partition coefficient (Wildman–Crippen LogP) is 1.68. The number of amides is 1. The molecular weight excluding hydrogens is 444 g/mol. The number of carbonyl (C=O) groups is 1. The van der Waals surface area contributed by atoms with E-state index in [2.05, 4.69) is 31.0 Å². The van der Waals surface area contributed by atoms with E-state index in [0.29, 0.717) is 34.5 Å². The third kappa shape index (κ3) is 3.83. The first-order valence-corrected chi connectivity index (χ1v) is 11.2. The highest BCUT2D eigenvalue weighted by molar-refractivity contribution is 7.13. The highest BCUT2D eigenvalue weighted by Crippen LogP contribution is 2.23. The van der Waals surface area contributed by atoms with Crippen LogP contribution in [0.2, 0.25) is 0 Å². The lowest BCUT2D eigenvalue weighted by molar-refractivity contribution is 0.0448. The number of hydrogen-bond donors (Lipinski definition) is 4. The van der Waals surface area contributed by atoms with E-state index in [9.17, 15) is 14.7 Å². The van der Waals surface area contributed by atoms with E-state index in [1.807, 2.05) is 6.92 Å². The summed E-state index contributed by atoms with van der Waals surface area (Å²) in [6.07, 6.45) is 5.69. The number of pyridine rings is 1. The van der Waals surface area contributed by atoms with Crippen molar-refractivity contribution in [3.63, 3.8) is 0 Å². The zero-order chi connectivity index (χ0) is 23.1. The van der Waals surface area contributed by atoms with E-state index in [1.54, 1.807) is 37.6 Å². The van der Waals surface area contributed by atoms with Crippen LogP contribution in [0.15, 0.2) is 41.6 Å². The molecule has 0 radical (unpaired) electrons. The van der Waals surface area contributed by atoms with E-state index in [1.165, 1.54) is 26.6 Å². The van der Waals surface area contributed by atoms with Crippen LogP contribution in [0.25, 0.3) is 10.8 Å². The van der Waals surface area contributed by atoms with Gasteiger partial charge in [-0.3, -0.25) is 14.2 Å². The molecule has 4 aromatic rings. The lowest BCUT2D eigenvalue weighted by Gasteiger charge is -2.32. The Kier molecular flexibility index (Phi) is 5.30. The molecule has 2 atom stereocenters. The van der Waals surface area contributed by atoms with Gasteiger partial charge in [-0.05, 0) is 31.9 Å². The zero-order valence-corrected chi connectivity index (χ0v) is 18.8. The number of nitrogens with zero attached hydrogens (tertiary/aromatic N) is 5. The van der Waals surface area contributed by atoms with E-state index >= 15 is 0 Å². The third-order valence-electron chi connectivity index (χ3n) is 5.55. The Morgan fingerprint density at radius 3 is 2.82 bits per heavy atom. The number of rotatable bonds is 6. The number of aliphatic hydroxyl groups is 1. The minimum atomic E-state index is -0.532. The quantitative estimate of drug-likeness (QED) is 0.337. The van der Waals surface area contributed by atoms with Crippen molar-refractivity contribution in [3.8, 4) is 5.13 Å². The van der Waals surface area contributed by atoms with Gasteiger partial charge in [0.2, 0.25) is 0 Å². The lowest BCUT2D eigenvalue weighted by atomic mass is 9.89. The Bertz CT molecular complexity index is 1410. The van der Waals surface area contributed by atoms with Crippen molar-refractivity contribution >= 4 is 40.2 Å². The second-order valence-electron chi connectivity index (χ2n) is 7.77. The van der Waals surface area contributed by atoms with Crippen LogP contribution in [-0.2, 0) is 0 Å². The number of thiazole rings is 1. The Balaban J connectivity index is 1.50. The van der Waals surface area contributed by atoms with E-state index < -0.39 is 6.10 Å². The summed E-state index contributed by atoms with van der Waals surface area (Å²) in [6, 6.07) is 4.84. The van der Waals surface area contributed by atoms with Gasteiger partial charge in [0.25, 0.3) is 11.5 Å². The third-order valence-corrected chi connectivity index (χ3v) is 6.46. The molecular formula is C21H22N8O3S. The molecule has 0 bridgehead atoms. The number of aromatic nitrogens is 5. The normalized spacial score (nSPS) is 17.5. The molecule has 0 saturated heterocycles. The van der Waals surface area contributed by atoms with Crippen molar-refractivity contribution in [1.29, 1.82) is 0 Å². The number of hydrogen-bond acceptors (Lipinski definition) is 9. The number of carbonyl (C=O) groups excluding carboxylic acids is 1. The lowest BCUT2D eigenvalue weighted by Crippen LogP contribution is -2.50. The molecule has 1 aliphatic rings. The first-order chi connectivity index (χ1) is 15.9. The molecule has 11 nitrogen and oxygen atoms in total. The minimum Gasteiger partial charge on any atom is -0.391 e. The Hall–Kier alpha value is -3.77.